The van der Waals surface area contributed by atoms with Crippen molar-refractivity contribution < 1.29 is 5.11 Å². The fourth-order valence-corrected chi connectivity index (χ4v) is 3.98. The Bertz CT molecular complexity index is 1420. The molecule has 33 heavy (non-hydrogen) atoms. The Balaban J connectivity index is 1.54. The number of benzene rings is 2. The number of aromatic hydroxyl groups is 1. The van der Waals surface area contributed by atoms with Crippen LogP contribution in [-0.4, -0.2) is 48.2 Å². The van der Waals surface area contributed by atoms with Crippen molar-refractivity contribution in [3.8, 4) is 28.4 Å². The lowest BCUT2D eigenvalue weighted by atomic mass is 10.1. The van der Waals surface area contributed by atoms with Gasteiger partial charge in [0.05, 0.1) is 12.7 Å². The van der Waals surface area contributed by atoms with Gasteiger partial charge in [-0.3, -0.25) is 4.57 Å². The van der Waals surface area contributed by atoms with Crippen LogP contribution < -0.4 is 5.73 Å². The summed E-state index contributed by atoms with van der Waals surface area (Å²) in [6, 6.07) is 15.8. The summed E-state index contributed by atoms with van der Waals surface area (Å²) in [5, 5.41) is 11.2. The lowest BCUT2D eigenvalue weighted by Crippen LogP contribution is -2.14. The van der Waals surface area contributed by atoms with E-state index in [9.17, 15) is 5.11 Å². The average Bonchev–Trinajstić information content (AvgIpc) is 3.47. The summed E-state index contributed by atoms with van der Waals surface area (Å²) in [5.41, 5.74) is 11.2. The highest BCUT2D eigenvalue weighted by Gasteiger charge is 2.16. The number of hydrogen-bond donors (Lipinski definition) is 2. The molecule has 3 N–H and O–H groups in total. The highest BCUT2D eigenvalue weighted by molar-refractivity contribution is 5.89. The number of fused-ring (bicyclic) bond motifs is 1. The number of pyridine rings is 1. The van der Waals surface area contributed by atoms with Gasteiger partial charge in [0.15, 0.2) is 5.75 Å². The van der Waals surface area contributed by atoms with E-state index in [4.69, 9.17) is 5.73 Å². The van der Waals surface area contributed by atoms with E-state index in [1.54, 1.807) is 18.7 Å². The van der Waals surface area contributed by atoms with Gasteiger partial charge in [0.1, 0.15) is 28.9 Å². The molecule has 0 radical (unpaired) electrons. The van der Waals surface area contributed by atoms with E-state index in [0.29, 0.717) is 23.3 Å². The summed E-state index contributed by atoms with van der Waals surface area (Å²) >= 11 is 0. The van der Waals surface area contributed by atoms with Gasteiger partial charge in [0.25, 0.3) is 0 Å². The molecule has 0 saturated heterocycles. The first-order chi connectivity index (χ1) is 16.0. The van der Waals surface area contributed by atoms with Gasteiger partial charge in [-0.15, -0.1) is 0 Å². The summed E-state index contributed by atoms with van der Waals surface area (Å²) in [6.45, 7) is 1.18. The molecule has 0 atom stereocenters. The predicted molar refractivity (Wildman–Crippen MR) is 128 cm³/mol. The first kappa shape index (κ1) is 20.9. The molecule has 0 aliphatic carbocycles. The summed E-state index contributed by atoms with van der Waals surface area (Å²) < 4.78 is 3.92. The summed E-state index contributed by atoms with van der Waals surface area (Å²) in [6.07, 6.45) is 7.13. The van der Waals surface area contributed by atoms with Crippen LogP contribution in [0, 0.1) is 0 Å². The molecule has 0 aliphatic rings. The van der Waals surface area contributed by atoms with Crippen LogP contribution in [0.3, 0.4) is 0 Å². The first-order valence-electron chi connectivity index (χ1n) is 10.7. The molecule has 5 rings (SSSR count). The minimum atomic E-state index is 0.0897. The van der Waals surface area contributed by atoms with Crippen molar-refractivity contribution in [1.82, 2.24) is 29.0 Å². The van der Waals surface area contributed by atoms with E-state index in [2.05, 4.69) is 24.4 Å². The molecule has 0 spiro atoms. The van der Waals surface area contributed by atoms with Crippen molar-refractivity contribution in [2.45, 2.75) is 13.1 Å². The van der Waals surface area contributed by atoms with Crippen molar-refractivity contribution in [3.63, 3.8) is 0 Å². The fraction of sp³-hybridized carbons (Fsp3) is 0.160. The summed E-state index contributed by atoms with van der Waals surface area (Å²) in [7, 11) is 4.04. The lowest BCUT2D eigenvalue weighted by molar-refractivity contribution is 0.388. The second-order valence-electron chi connectivity index (χ2n) is 8.18. The highest BCUT2D eigenvalue weighted by Crippen LogP contribution is 2.35. The van der Waals surface area contributed by atoms with Gasteiger partial charge in [-0.2, -0.15) is 0 Å². The molecule has 0 unspecified atom stereocenters. The van der Waals surface area contributed by atoms with Crippen LogP contribution in [-0.2, 0) is 13.1 Å². The lowest BCUT2D eigenvalue weighted by Gasteiger charge is -2.13. The van der Waals surface area contributed by atoms with Gasteiger partial charge in [0, 0.05) is 35.9 Å². The molecule has 0 amide bonds. The zero-order valence-corrected chi connectivity index (χ0v) is 18.6. The van der Waals surface area contributed by atoms with Crippen LogP contribution in [0.15, 0.2) is 73.4 Å². The zero-order chi connectivity index (χ0) is 22.9. The minimum absolute atomic E-state index is 0.0897. The number of nitrogens with two attached hydrogens (primary N) is 1. The SMILES string of the molecule is CN(C)Cc1nccn1-c1ccc(-c2ncc3ncn(-c4cccc(CN)c4)c3c2O)cc1. The maximum absolute atomic E-state index is 11.2. The summed E-state index contributed by atoms with van der Waals surface area (Å²) in [5.74, 6) is 1.05. The Morgan fingerprint density at radius 1 is 0.970 bits per heavy atom. The third kappa shape index (κ3) is 3.86. The molecule has 3 aromatic heterocycles. The molecule has 0 bridgehead atoms. The van der Waals surface area contributed by atoms with Crippen molar-refractivity contribution in [2.24, 2.45) is 5.73 Å². The van der Waals surface area contributed by atoms with Crippen molar-refractivity contribution >= 4 is 11.0 Å². The van der Waals surface area contributed by atoms with E-state index in [1.165, 1.54) is 0 Å². The van der Waals surface area contributed by atoms with Crippen molar-refractivity contribution in [1.29, 1.82) is 0 Å². The second-order valence-corrected chi connectivity index (χ2v) is 8.18. The third-order valence-corrected chi connectivity index (χ3v) is 5.58. The Hall–Kier alpha value is -4.01. The molecule has 2 aromatic carbocycles. The van der Waals surface area contributed by atoms with Crippen LogP contribution >= 0.6 is 0 Å². The molecule has 0 fully saturated rings. The molecular weight excluding hydrogens is 414 g/mol. The molecule has 0 saturated carbocycles. The van der Waals surface area contributed by atoms with E-state index in [-0.39, 0.29) is 5.75 Å². The van der Waals surface area contributed by atoms with E-state index in [0.717, 1.165) is 34.9 Å². The standard InChI is InChI=1S/C25H25N7O/c1-30(2)15-22-27-10-11-31(22)19-8-6-18(7-9-19)23-25(33)24-21(14-28-23)29-16-32(24)20-5-3-4-17(12-20)13-26/h3-12,14,16,33H,13,15,26H2,1-2H3. The fourth-order valence-electron chi connectivity index (χ4n) is 3.98. The Kier molecular flexibility index (Phi) is 5.37. The number of nitrogens with zero attached hydrogens (tertiary/aromatic N) is 6. The van der Waals surface area contributed by atoms with Crippen LogP contribution in [0.1, 0.15) is 11.4 Å². The van der Waals surface area contributed by atoms with Crippen LogP contribution in [0.5, 0.6) is 5.75 Å². The van der Waals surface area contributed by atoms with Crippen molar-refractivity contribution in [3.05, 3.63) is 84.8 Å². The van der Waals surface area contributed by atoms with Gasteiger partial charge in [-0.1, -0.05) is 24.3 Å². The normalized spacial score (nSPS) is 11.5. The van der Waals surface area contributed by atoms with E-state index < -0.39 is 0 Å². The Morgan fingerprint density at radius 3 is 2.55 bits per heavy atom. The Labute approximate surface area is 191 Å². The predicted octanol–water partition coefficient (Wildman–Crippen LogP) is 3.50. The number of rotatable bonds is 6. The van der Waals surface area contributed by atoms with Gasteiger partial charge >= 0.3 is 0 Å². The molecule has 5 aromatic rings. The number of hydrogen-bond acceptors (Lipinski definition) is 6. The number of imidazole rings is 2. The van der Waals surface area contributed by atoms with Crippen LogP contribution in [0.25, 0.3) is 33.7 Å². The van der Waals surface area contributed by atoms with Gasteiger partial charge in [-0.05, 0) is 43.9 Å². The first-order valence-corrected chi connectivity index (χ1v) is 10.7. The molecule has 166 valence electrons. The monoisotopic (exact) mass is 439 g/mol. The average molecular weight is 440 g/mol. The molecule has 3 heterocycles. The quantitative estimate of drug-likeness (QED) is 0.420. The molecule has 0 aliphatic heterocycles. The molecular formula is C25H25N7O. The maximum Gasteiger partial charge on any atom is 0.168 e. The van der Waals surface area contributed by atoms with E-state index >= 15 is 0 Å². The molecule has 8 heteroatoms. The highest BCUT2D eigenvalue weighted by atomic mass is 16.3. The number of aromatic nitrogens is 5. The largest absolute Gasteiger partial charge is 0.504 e. The topological polar surface area (TPSA) is 98.0 Å². The summed E-state index contributed by atoms with van der Waals surface area (Å²) in [4.78, 5) is 15.5. The van der Waals surface area contributed by atoms with E-state index in [1.807, 2.05) is 73.4 Å². The molecule has 8 nitrogen and oxygen atoms in total. The van der Waals surface area contributed by atoms with Crippen LogP contribution in [0.2, 0.25) is 0 Å². The third-order valence-electron chi connectivity index (χ3n) is 5.58. The van der Waals surface area contributed by atoms with Gasteiger partial charge in [0.2, 0.25) is 0 Å². The maximum atomic E-state index is 11.2. The van der Waals surface area contributed by atoms with Gasteiger partial charge < -0.3 is 20.3 Å². The van der Waals surface area contributed by atoms with Crippen LogP contribution in [0.4, 0.5) is 0 Å². The smallest absolute Gasteiger partial charge is 0.168 e. The second kappa shape index (κ2) is 8.50. The minimum Gasteiger partial charge on any atom is -0.504 e. The van der Waals surface area contributed by atoms with Crippen molar-refractivity contribution in [2.75, 3.05) is 14.1 Å². The van der Waals surface area contributed by atoms with Gasteiger partial charge in [-0.25, -0.2) is 15.0 Å². The Morgan fingerprint density at radius 2 is 1.79 bits per heavy atom. The zero-order valence-electron chi connectivity index (χ0n) is 18.6.